The molecule has 3 N–H and O–H groups in total. The molecule has 0 atom stereocenters. The minimum Gasteiger partial charge on any atom is -0.364 e. The first-order valence-electron chi connectivity index (χ1n) is 7.91. The van der Waals surface area contributed by atoms with E-state index in [-0.39, 0.29) is 5.69 Å². The Kier molecular flexibility index (Phi) is 6.46. The number of nitrogens with one attached hydrogen (secondary N) is 1. The highest BCUT2D eigenvalue weighted by atomic mass is 35.5. The molecule has 1 aromatic carbocycles. The summed E-state index contributed by atoms with van der Waals surface area (Å²) in [5, 5.41) is 7.18. The van der Waals surface area contributed by atoms with E-state index in [1.165, 1.54) is 10.9 Å². The van der Waals surface area contributed by atoms with E-state index >= 15 is 0 Å². The maximum atomic E-state index is 11.8. The van der Waals surface area contributed by atoms with Gasteiger partial charge in [0.1, 0.15) is 5.82 Å². The molecule has 3 rings (SSSR count). The number of hydrogen-bond donors (Lipinski definition) is 2. The van der Waals surface area contributed by atoms with Crippen molar-refractivity contribution >= 4 is 29.7 Å². The fourth-order valence-corrected chi connectivity index (χ4v) is 2.50. The Morgan fingerprint density at radius 1 is 1.23 bits per heavy atom. The predicted octanol–water partition coefficient (Wildman–Crippen LogP) is 3.28. The summed E-state index contributed by atoms with van der Waals surface area (Å²) < 4.78 is 1.48. The highest BCUT2D eigenvalue weighted by Gasteiger charge is 2.18. The number of benzene rings is 1. The summed E-state index contributed by atoms with van der Waals surface area (Å²) in [6.45, 7) is 4.00. The molecule has 0 saturated heterocycles. The molecule has 26 heavy (non-hydrogen) atoms. The van der Waals surface area contributed by atoms with Crippen LogP contribution in [0.2, 0.25) is 5.02 Å². The molecule has 2 aromatic heterocycles. The highest BCUT2D eigenvalue weighted by Crippen LogP contribution is 2.30. The van der Waals surface area contributed by atoms with Crippen LogP contribution < -0.4 is 11.1 Å². The maximum absolute atomic E-state index is 11.8. The van der Waals surface area contributed by atoms with Gasteiger partial charge in [0.25, 0.3) is 5.91 Å². The number of pyridine rings is 1. The Bertz CT molecular complexity index is 923. The van der Waals surface area contributed by atoms with Crippen LogP contribution in [0.1, 0.15) is 24.3 Å². The van der Waals surface area contributed by atoms with E-state index in [0.717, 1.165) is 0 Å². The average Bonchev–Trinajstić information content (AvgIpc) is 3.10. The third-order valence-electron chi connectivity index (χ3n) is 3.33. The van der Waals surface area contributed by atoms with E-state index in [1.807, 2.05) is 19.9 Å². The second kappa shape index (κ2) is 8.77. The summed E-state index contributed by atoms with van der Waals surface area (Å²) in [6.07, 6.45) is 3.70. The van der Waals surface area contributed by atoms with Gasteiger partial charge in [-0.2, -0.15) is 5.10 Å². The monoisotopic (exact) mass is 371 g/mol. The summed E-state index contributed by atoms with van der Waals surface area (Å²) in [4.78, 5) is 26.3. The number of nitrogens with zero attached hydrogens (tertiary/aromatic N) is 3. The molecule has 0 saturated carbocycles. The van der Waals surface area contributed by atoms with E-state index in [9.17, 15) is 9.59 Å². The number of carbonyl (C=O) groups is 2. The molecule has 0 aliphatic rings. The van der Waals surface area contributed by atoms with Crippen LogP contribution in [-0.4, -0.2) is 27.1 Å². The Morgan fingerprint density at radius 3 is 2.62 bits per heavy atom. The zero-order chi connectivity index (χ0) is 19.1. The number of nitrogens with two attached hydrogens (primary N) is 1. The number of amides is 2. The summed E-state index contributed by atoms with van der Waals surface area (Å²) >= 11 is 6.21. The summed E-state index contributed by atoms with van der Waals surface area (Å²) in [5.41, 5.74) is 7.33. The van der Waals surface area contributed by atoms with Crippen molar-refractivity contribution in [2.75, 3.05) is 5.32 Å². The lowest BCUT2D eigenvalue weighted by atomic mass is 10.1. The SMILES string of the molecule is CC.NC(=O)c1nn(-c2ccnc(NC=O)c2)cc1-c1ccccc1Cl. The van der Waals surface area contributed by atoms with Crippen LogP contribution in [0.4, 0.5) is 5.82 Å². The van der Waals surface area contributed by atoms with E-state index in [0.29, 0.717) is 34.1 Å². The normalized spacial score (nSPS) is 9.81. The van der Waals surface area contributed by atoms with E-state index < -0.39 is 5.91 Å². The van der Waals surface area contributed by atoms with E-state index in [1.54, 1.807) is 36.5 Å². The number of primary amides is 1. The fourth-order valence-electron chi connectivity index (χ4n) is 2.27. The lowest BCUT2D eigenvalue weighted by Crippen LogP contribution is -2.13. The number of aromatic nitrogens is 3. The van der Waals surface area contributed by atoms with Crippen molar-refractivity contribution in [2.45, 2.75) is 13.8 Å². The molecule has 3 aromatic rings. The Balaban J connectivity index is 0.00000117. The van der Waals surface area contributed by atoms with Gasteiger partial charge >= 0.3 is 0 Å². The Morgan fingerprint density at radius 2 is 1.96 bits per heavy atom. The van der Waals surface area contributed by atoms with Gasteiger partial charge in [-0.3, -0.25) is 9.59 Å². The lowest BCUT2D eigenvalue weighted by Gasteiger charge is -2.03. The van der Waals surface area contributed by atoms with Gasteiger partial charge in [0.2, 0.25) is 6.41 Å². The van der Waals surface area contributed by atoms with Gasteiger partial charge in [0.05, 0.1) is 5.69 Å². The first kappa shape index (κ1) is 19.1. The highest BCUT2D eigenvalue weighted by molar-refractivity contribution is 6.33. The number of hydrogen-bond acceptors (Lipinski definition) is 4. The first-order valence-corrected chi connectivity index (χ1v) is 8.29. The first-order chi connectivity index (χ1) is 12.6. The smallest absolute Gasteiger partial charge is 0.269 e. The van der Waals surface area contributed by atoms with Crippen LogP contribution in [0, 0.1) is 0 Å². The minimum absolute atomic E-state index is 0.102. The third kappa shape index (κ3) is 4.07. The van der Waals surface area contributed by atoms with Gasteiger partial charge in [-0.05, 0) is 12.1 Å². The predicted molar refractivity (Wildman–Crippen MR) is 101 cm³/mol. The molecule has 0 bridgehead atoms. The van der Waals surface area contributed by atoms with Crippen LogP contribution in [-0.2, 0) is 4.79 Å². The Labute approximate surface area is 155 Å². The third-order valence-corrected chi connectivity index (χ3v) is 3.66. The molecular weight excluding hydrogens is 354 g/mol. The molecular formula is C18H18ClN5O2. The number of rotatable bonds is 5. The van der Waals surface area contributed by atoms with Crippen molar-refractivity contribution in [3.8, 4) is 16.8 Å². The molecule has 134 valence electrons. The quantitative estimate of drug-likeness (QED) is 0.671. The number of anilines is 1. The van der Waals surface area contributed by atoms with Crippen LogP contribution in [0.25, 0.3) is 16.8 Å². The van der Waals surface area contributed by atoms with Crippen molar-refractivity contribution in [3.63, 3.8) is 0 Å². The molecule has 7 nitrogen and oxygen atoms in total. The van der Waals surface area contributed by atoms with E-state index in [2.05, 4.69) is 15.4 Å². The summed E-state index contributed by atoms with van der Waals surface area (Å²) in [6, 6.07) is 10.4. The van der Waals surface area contributed by atoms with Crippen LogP contribution >= 0.6 is 11.6 Å². The molecule has 8 heteroatoms. The zero-order valence-electron chi connectivity index (χ0n) is 14.3. The minimum atomic E-state index is -0.663. The van der Waals surface area contributed by atoms with Crippen molar-refractivity contribution in [1.82, 2.24) is 14.8 Å². The number of halogens is 1. The van der Waals surface area contributed by atoms with E-state index in [4.69, 9.17) is 17.3 Å². The Hall–Kier alpha value is -3.19. The van der Waals surface area contributed by atoms with Gasteiger partial charge in [0, 0.05) is 34.6 Å². The fraction of sp³-hybridized carbons (Fsp3) is 0.111. The van der Waals surface area contributed by atoms with Crippen LogP contribution in [0.15, 0.2) is 48.8 Å². The van der Waals surface area contributed by atoms with Crippen molar-refractivity contribution in [3.05, 3.63) is 59.5 Å². The molecule has 2 amide bonds. The van der Waals surface area contributed by atoms with Gasteiger partial charge in [-0.1, -0.05) is 43.6 Å². The van der Waals surface area contributed by atoms with Crippen LogP contribution in [0.3, 0.4) is 0 Å². The zero-order valence-corrected chi connectivity index (χ0v) is 15.1. The molecule has 0 radical (unpaired) electrons. The van der Waals surface area contributed by atoms with Gasteiger partial charge in [-0.25, -0.2) is 9.67 Å². The largest absolute Gasteiger partial charge is 0.364 e. The molecule has 0 unspecified atom stereocenters. The lowest BCUT2D eigenvalue weighted by molar-refractivity contribution is -0.105. The molecule has 0 aliphatic heterocycles. The topological polar surface area (TPSA) is 103 Å². The second-order valence-electron chi connectivity index (χ2n) is 4.84. The second-order valence-corrected chi connectivity index (χ2v) is 5.25. The molecule has 0 spiro atoms. The molecule has 0 aliphatic carbocycles. The van der Waals surface area contributed by atoms with Gasteiger partial charge < -0.3 is 11.1 Å². The molecule has 0 fully saturated rings. The average molecular weight is 372 g/mol. The van der Waals surface area contributed by atoms with Crippen molar-refractivity contribution < 1.29 is 9.59 Å². The van der Waals surface area contributed by atoms with Crippen molar-refractivity contribution in [1.29, 1.82) is 0 Å². The van der Waals surface area contributed by atoms with Gasteiger partial charge in [-0.15, -0.1) is 0 Å². The van der Waals surface area contributed by atoms with Gasteiger partial charge in [0.15, 0.2) is 5.69 Å². The summed E-state index contributed by atoms with van der Waals surface area (Å²) in [7, 11) is 0. The van der Waals surface area contributed by atoms with Crippen molar-refractivity contribution in [2.24, 2.45) is 5.73 Å². The summed E-state index contributed by atoms with van der Waals surface area (Å²) in [5.74, 6) is -0.304. The number of carbonyl (C=O) groups excluding carboxylic acids is 2. The molecule has 2 heterocycles. The maximum Gasteiger partial charge on any atom is 0.269 e. The van der Waals surface area contributed by atoms with Crippen LogP contribution in [0.5, 0.6) is 0 Å². The standard InChI is InChI=1S/C16H12ClN5O2.C2H6/c17-13-4-2-1-3-11(13)12-8-22(21-15(12)16(18)24)10-5-6-19-14(7-10)20-9-23;1-2/h1-9H,(H2,18,24)(H,19,20,23);1-2H3.